The van der Waals surface area contributed by atoms with Crippen LogP contribution in [0.2, 0.25) is 0 Å². The lowest BCUT2D eigenvalue weighted by Crippen LogP contribution is -2.28. The molecular weight excluding hydrogens is 198 g/mol. The molecule has 1 aliphatic heterocycles. The lowest BCUT2D eigenvalue weighted by atomic mass is 10.1. The van der Waals surface area contributed by atoms with Crippen LogP contribution in [0.5, 0.6) is 0 Å². The molecule has 0 aromatic heterocycles. The van der Waals surface area contributed by atoms with Crippen LogP contribution in [0.1, 0.15) is 18.9 Å². The van der Waals surface area contributed by atoms with Crippen molar-refractivity contribution in [2.75, 3.05) is 19.7 Å². The number of rotatable bonds is 4. The van der Waals surface area contributed by atoms with Crippen molar-refractivity contribution >= 4 is 0 Å². The van der Waals surface area contributed by atoms with Gasteiger partial charge in [0.05, 0.1) is 12.4 Å². The zero-order valence-electron chi connectivity index (χ0n) is 9.86. The fourth-order valence-corrected chi connectivity index (χ4v) is 1.99. The molecule has 0 radical (unpaired) electrons. The summed E-state index contributed by atoms with van der Waals surface area (Å²) in [6.45, 7) is 5.96. The van der Waals surface area contributed by atoms with Gasteiger partial charge in [0.25, 0.3) is 0 Å². The lowest BCUT2D eigenvalue weighted by Gasteiger charge is -2.26. The van der Waals surface area contributed by atoms with E-state index in [1.165, 1.54) is 5.56 Å². The highest BCUT2D eigenvalue weighted by Crippen LogP contribution is 2.14. The standard InChI is InChI=1S/C14H19NO/c1-2-16-14-8-10-15(11-9-14)12-13-6-4-3-5-7-13/h3-8H,2,9-12H2,1H3. The second-order valence-corrected chi connectivity index (χ2v) is 4.07. The molecule has 0 amide bonds. The Morgan fingerprint density at radius 2 is 2.06 bits per heavy atom. The second-order valence-electron chi connectivity index (χ2n) is 4.07. The van der Waals surface area contributed by atoms with Gasteiger partial charge in [-0.2, -0.15) is 0 Å². The first kappa shape index (κ1) is 11.2. The van der Waals surface area contributed by atoms with E-state index in [1.807, 2.05) is 6.92 Å². The molecule has 1 heterocycles. The zero-order chi connectivity index (χ0) is 11.2. The Morgan fingerprint density at radius 1 is 1.25 bits per heavy atom. The Labute approximate surface area is 97.5 Å². The van der Waals surface area contributed by atoms with E-state index in [1.54, 1.807) is 0 Å². The van der Waals surface area contributed by atoms with Gasteiger partial charge in [-0.25, -0.2) is 0 Å². The van der Waals surface area contributed by atoms with Crippen LogP contribution in [0, 0.1) is 0 Å². The highest BCUT2D eigenvalue weighted by molar-refractivity contribution is 5.15. The van der Waals surface area contributed by atoms with Gasteiger partial charge in [-0.3, -0.25) is 4.90 Å². The number of ether oxygens (including phenoxy) is 1. The van der Waals surface area contributed by atoms with Crippen molar-refractivity contribution in [1.82, 2.24) is 4.90 Å². The third-order valence-corrected chi connectivity index (χ3v) is 2.83. The summed E-state index contributed by atoms with van der Waals surface area (Å²) < 4.78 is 5.52. The molecule has 2 heteroatoms. The Hall–Kier alpha value is -1.28. The average molecular weight is 217 g/mol. The minimum absolute atomic E-state index is 0.782. The number of hydrogen-bond acceptors (Lipinski definition) is 2. The topological polar surface area (TPSA) is 12.5 Å². The van der Waals surface area contributed by atoms with Crippen molar-refractivity contribution in [3.05, 3.63) is 47.7 Å². The number of benzene rings is 1. The lowest BCUT2D eigenvalue weighted by molar-refractivity contribution is 0.181. The van der Waals surface area contributed by atoms with E-state index in [4.69, 9.17) is 4.74 Å². The number of hydrogen-bond donors (Lipinski definition) is 0. The molecule has 1 aromatic carbocycles. The predicted octanol–water partition coefficient (Wildman–Crippen LogP) is 2.81. The molecule has 2 rings (SSSR count). The largest absolute Gasteiger partial charge is 0.498 e. The summed E-state index contributed by atoms with van der Waals surface area (Å²) in [5.41, 5.74) is 1.38. The van der Waals surface area contributed by atoms with Crippen molar-refractivity contribution < 1.29 is 4.74 Å². The maximum absolute atomic E-state index is 5.52. The van der Waals surface area contributed by atoms with E-state index in [0.717, 1.165) is 38.4 Å². The monoisotopic (exact) mass is 217 g/mol. The molecule has 0 atom stereocenters. The van der Waals surface area contributed by atoms with Gasteiger partial charge in [-0.05, 0) is 18.6 Å². The Kier molecular flexibility index (Phi) is 4.00. The van der Waals surface area contributed by atoms with Crippen molar-refractivity contribution in [2.45, 2.75) is 19.9 Å². The first-order valence-electron chi connectivity index (χ1n) is 5.96. The highest BCUT2D eigenvalue weighted by atomic mass is 16.5. The van der Waals surface area contributed by atoms with Crippen LogP contribution in [0.3, 0.4) is 0 Å². The summed E-state index contributed by atoms with van der Waals surface area (Å²) in [6, 6.07) is 10.6. The smallest absolute Gasteiger partial charge is 0.0945 e. The molecule has 0 saturated heterocycles. The molecule has 16 heavy (non-hydrogen) atoms. The van der Waals surface area contributed by atoms with Gasteiger partial charge >= 0.3 is 0 Å². The third-order valence-electron chi connectivity index (χ3n) is 2.83. The molecule has 0 unspecified atom stereocenters. The maximum atomic E-state index is 5.52. The molecule has 1 aromatic rings. The van der Waals surface area contributed by atoms with Crippen LogP contribution in [0.15, 0.2) is 42.2 Å². The van der Waals surface area contributed by atoms with Gasteiger partial charge < -0.3 is 4.74 Å². The molecule has 0 bridgehead atoms. The van der Waals surface area contributed by atoms with Gasteiger partial charge in [-0.1, -0.05) is 30.3 Å². The molecule has 2 nitrogen and oxygen atoms in total. The summed E-state index contributed by atoms with van der Waals surface area (Å²) in [5, 5.41) is 0. The molecule has 0 N–H and O–H groups in total. The van der Waals surface area contributed by atoms with E-state index in [0.29, 0.717) is 0 Å². The highest BCUT2D eigenvalue weighted by Gasteiger charge is 2.12. The Morgan fingerprint density at radius 3 is 2.69 bits per heavy atom. The van der Waals surface area contributed by atoms with Crippen molar-refractivity contribution in [3.63, 3.8) is 0 Å². The number of nitrogens with zero attached hydrogens (tertiary/aromatic N) is 1. The SMILES string of the molecule is CCOC1=CCN(Cc2ccccc2)CC1. The minimum atomic E-state index is 0.782. The fraction of sp³-hybridized carbons (Fsp3) is 0.429. The van der Waals surface area contributed by atoms with E-state index < -0.39 is 0 Å². The Bertz CT molecular complexity index is 345. The fourth-order valence-electron chi connectivity index (χ4n) is 1.99. The second kappa shape index (κ2) is 5.71. The summed E-state index contributed by atoms with van der Waals surface area (Å²) >= 11 is 0. The molecule has 0 saturated carbocycles. The van der Waals surface area contributed by atoms with Gasteiger partial charge in [-0.15, -0.1) is 0 Å². The van der Waals surface area contributed by atoms with Gasteiger partial charge in [0.15, 0.2) is 0 Å². The van der Waals surface area contributed by atoms with Crippen LogP contribution in [0.4, 0.5) is 0 Å². The molecule has 0 spiro atoms. The van der Waals surface area contributed by atoms with Crippen LogP contribution in [-0.2, 0) is 11.3 Å². The molecule has 1 aliphatic rings. The summed E-state index contributed by atoms with van der Waals surface area (Å²) in [5.74, 6) is 1.16. The molecule has 86 valence electrons. The van der Waals surface area contributed by atoms with E-state index in [9.17, 15) is 0 Å². The van der Waals surface area contributed by atoms with Crippen molar-refractivity contribution in [1.29, 1.82) is 0 Å². The van der Waals surface area contributed by atoms with Crippen LogP contribution >= 0.6 is 0 Å². The molecular formula is C14H19NO. The van der Waals surface area contributed by atoms with E-state index >= 15 is 0 Å². The van der Waals surface area contributed by atoms with E-state index in [-0.39, 0.29) is 0 Å². The summed E-state index contributed by atoms with van der Waals surface area (Å²) in [6.07, 6.45) is 3.25. The van der Waals surface area contributed by atoms with Crippen LogP contribution in [0.25, 0.3) is 0 Å². The maximum Gasteiger partial charge on any atom is 0.0945 e. The first-order valence-corrected chi connectivity index (χ1v) is 5.96. The predicted molar refractivity (Wildman–Crippen MR) is 66.0 cm³/mol. The van der Waals surface area contributed by atoms with Crippen molar-refractivity contribution in [3.8, 4) is 0 Å². The first-order chi connectivity index (χ1) is 7.88. The zero-order valence-corrected chi connectivity index (χ0v) is 9.86. The minimum Gasteiger partial charge on any atom is -0.498 e. The van der Waals surface area contributed by atoms with Gasteiger partial charge in [0, 0.05) is 26.1 Å². The normalized spacial score (nSPS) is 16.9. The molecule has 0 aliphatic carbocycles. The van der Waals surface area contributed by atoms with Crippen LogP contribution in [-0.4, -0.2) is 24.6 Å². The van der Waals surface area contributed by atoms with E-state index in [2.05, 4.69) is 41.3 Å². The summed E-state index contributed by atoms with van der Waals surface area (Å²) in [4.78, 5) is 2.44. The van der Waals surface area contributed by atoms with Gasteiger partial charge in [0.2, 0.25) is 0 Å². The Balaban J connectivity index is 1.86. The molecule has 0 fully saturated rings. The average Bonchev–Trinajstić information content (AvgIpc) is 2.33. The van der Waals surface area contributed by atoms with Crippen LogP contribution < -0.4 is 0 Å². The third kappa shape index (κ3) is 3.11. The van der Waals surface area contributed by atoms with Gasteiger partial charge in [0.1, 0.15) is 0 Å². The quantitative estimate of drug-likeness (QED) is 0.769. The summed E-state index contributed by atoms with van der Waals surface area (Å²) in [7, 11) is 0. The van der Waals surface area contributed by atoms with Crippen molar-refractivity contribution in [2.24, 2.45) is 0 Å².